The summed E-state index contributed by atoms with van der Waals surface area (Å²) in [5.74, 6) is 0.520. The Balaban J connectivity index is 1.90. The molecule has 1 heterocycles. The topological polar surface area (TPSA) is 77.1 Å². The van der Waals surface area contributed by atoms with Crippen LogP contribution in [0.3, 0.4) is 0 Å². The third kappa shape index (κ3) is 3.35. The number of nitrogens with zero attached hydrogens (tertiary/aromatic N) is 1. The van der Waals surface area contributed by atoms with E-state index in [2.05, 4.69) is 5.32 Å². The van der Waals surface area contributed by atoms with E-state index in [1.807, 2.05) is 10.8 Å². The first-order valence-corrected chi connectivity index (χ1v) is 7.86. The molecule has 2 rings (SSSR count). The van der Waals surface area contributed by atoms with E-state index in [4.69, 9.17) is 5.73 Å². The van der Waals surface area contributed by atoms with Crippen molar-refractivity contribution in [2.75, 3.05) is 24.3 Å². The second-order valence-electron chi connectivity index (χ2n) is 4.68. The van der Waals surface area contributed by atoms with Gasteiger partial charge in [-0.1, -0.05) is 0 Å². The van der Waals surface area contributed by atoms with Gasteiger partial charge in [0.1, 0.15) is 5.69 Å². The summed E-state index contributed by atoms with van der Waals surface area (Å²) < 4.78 is 12.9. The first-order valence-electron chi connectivity index (χ1n) is 6.13. The number of carbonyl (C=O) groups is 1. The Morgan fingerprint density at radius 3 is 2.94 bits per heavy atom. The predicted molar refractivity (Wildman–Crippen MR) is 73.0 cm³/mol. The number of hydrogen-bond acceptors (Lipinski definition) is 3. The molecule has 6 heteroatoms. The molecule has 1 fully saturated rings. The van der Waals surface area contributed by atoms with E-state index < -0.39 is 10.8 Å². The van der Waals surface area contributed by atoms with Gasteiger partial charge in [-0.3, -0.25) is 9.00 Å². The van der Waals surface area contributed by atoms with Gasteiger partial charge >= 0.3 is 0 Å². The zero-order valence-corrected chi connectivity index (χ0v) is 11.3. The Kier molecular flexibility index (Phi) is 4.06. The van der Waals surface area contributed by atoms with Crippen LogP contribution < -0.4 is 11.1 Å². The molecule has 5 nitrogen and oxygen atoms in total. The van der Waals surface area contributed by atoms with E-state index in [1.54, 1.807) is 12.3 Å². The standard InChI is InChI=1S/C12H19N3O2S/c1-18(17)6-2-5-14-12(16)11-7-9(13)8-15(11)10-3-4-10/h7-8,10H,2-6,13H2,1H3,(H,14,16). The molecule has 3 N–H and O–H groups in total. The fraction of sp³-hybridized carbons (Fsp3) is 0.583. The highest BCUT2D eigenvalue weighted by Crippen LogP contribution is 2.37. The summed E-state index contributed by atoms with van der Waals surface area (Å²) in [6, 6.07) is 2.15. The van der Waals surface area contributed by atoms with E-state index in [1.165, 1.54) is 0 Å². The van der Waals surface area contributed by atoms with Gasteiger partial charge in [0, 0.05) is 41.6 Å². The minimum Gasteiger partial charge on any atom is -0.397 e. The summed E-state index contributed by atoms with van der Waals surface area (Å²) in [6.45, 7) is 0.550. The molecular formula is C12H19N3O2S. The molecule has 1 aromatic heterocycles. The zero-order chi connectivity index (χ0) is 13.1. The van der Waals surface area contributed by atoms with E-state index in [0.29, 0.717) is 29.7 Å². The van der Waals surface area contributed by atoms with Crippen molar-refractivity contribution in [1.29, 1.82) is 0 Å². The third-order valence-electron chi connectivity index (χ3n) is 2.94. The Morgan fingerprint density at radius 1 is 1.61 bits per heavy atom. The van der Waals surface area contributed by atoms with E-state index in [0.717, 1.165) is 19.3 Å². The number of nitrogens with one attached hydrogen (secondary N) is 1. The molecule has 0 aliphatic heterocycles. The summed E-state index contributed by atoms with van der Waals surface area (Å²) in [6.07, 6.45) is 6.45. The number of amides is 1. The van der Waals surface area contributed by atoms with Crippen LogP contribution in [-0.4, -0.2) is 33.2 Å². The molecule has 18 heavy (non-hydrogen) atoms. The first kappa shape index (κ1) is 13.1. The summed E-state index contributed by atoms with van der Waals surface area (Å²) in [5.41, 5.74) is 6.99. The highest BCUT2D eigenvalue weighted by atomic mass is 32.2. The zero-order valence-electron chi connectivity index (χ0n) is 10.5. The monoisotopic (exact) mass is 269 g/mol. The molecule has 1 aromatic rings. The van der Waals surface area contributed by atoms with Gasteiger partial charge in [-0.25, -0.2) is 0 Å². The fourth-order valence-electron chi connectivity index (χ4n) is 1.91. The minimum absolute atomic E-state index is 0.0968. The molecule has 100 valence electrons. The fourth-order valence-corrected chi connectivity index (χ4v) is 2.46. The summed E-state index contributed by atoms with van der Waals surface area (Å²) in [7, 11) is -0.799. The minimum atomic E-state index is -0.799. The molecule has 0 bridgehead atoms. The second kappa shape index (κ2) is 5.56. The molecule has 0 aromatic carbocycles. The number of hydrogen-bond donors (Lipinski definition) is 2. The van der Waals surface area contributed by atoms with Gasteiger partial charge < -0.3 is 15.6 Å². The van der Waals surface area contributed by atoms with Crippen molar-refractivity contribution in [1.82, 2.24) is 9.88 Å². The maximum absolute atomic E-state index is 12.0. The van der Waals surface area contributed by atoms with E-state index in [9.17, 15) is 9.00 Å². The largest absolute Gasteiger partial charge is 0.397 e. The van der Waals surface area contributed by atoms with Crippen LogP contribution in [0.1, 0.15) is 35.8 Å². The van der Waals surface area contributed by atoms with E-state index >= 15 is 0 Å². The summed E-state index contributed by atoms with van der Waals surface area (Å²) >= 11 is 0. The second-order valence-corrected chi connectivity index (χ2v) is 6.24. The Hall–Kier alpha value is -1.30. The molecule has 1 unspecified atom stereocenters. The van der Waals surface area contributed by atoms with Gasteiger partial charge in [0.15, 0.2) is 0 Å². The highest BCUT2D eigenvalue weighted by Gasteiger charge is 2.27. The van der Waals surface area contributed by atoms with Crippen LogP contribution in [0.4, 0.5) is 5.69 Å². The molecular weight excluding hydrogens is 250 g/mol. The lowest BCUT2D eigenvalue weighted by atomic mass is 10.3. The van der Waals surface area contributed by atoms with Crippen LogP contribution in [0.15, 0.2) is 12.3 Å². The molecule has 1 atom stereocenters. The van der Waals surface area contributed by atoms with Crippen LogP contribution in [-0.2, 0) is 10.8 Å². The first-order chi connectivity index (χ1) is 8.58. The number of aromatic nitrogens is 1. The number of carbonyl (C=O) groups excluding carboxylic acids is 1. The van der Waals surface area contributed by atoms with Crippen molar-refractivity contribution in [3.8, 4) is 0 Å². The molecule has 0 radical (unpaired) electrons. The van der Waals surface area contributed by atoms with Gasteiger partial charge in [0.25, 0.3) is 5.91 Å². The van der Waals surface area contributed by atoms with Gasteiger partial charge in [-0.15, -0.1) is 0 Å². The van der Waals surface area contributed by atoms with Gasteiger partial charge in [0.05, 0.1) is 5.69 Å². The lowest BCUT2D eigenvalue weighted by molar-refractivity contribution is 0.0944. The SMILES string of the molecule is CS(=O)CCCNC(=O)c1cc(N)cn1C1CC1. The van der Waals surface area contributed by atoms with Crippen molar-refractivity contribution >= 4 is 22.4 Å². The van der Waals surface area contributed by atoms with Crippen molar-refractivity contribution in [3.63, 3.8) is 0 Å². The van der Waals surface area contributed by atoms with Gasteiger partial charge in [0.2, 0.25) is 0 Å². The maximum atomic E-state index is 12.0. The summed E-state index contributed by atoms with van der Waals surface area (Å²) in [5, 5.41) is 2.84. The number of rotatable bonds is 6. The van der Waals surface area contributed by atoms with Crippen molar-refractivity contribution < 1.29 is 9.00 Å². The average molecular weight is 269 g/mol. The number of anilines is 1. The third-order valence-corrected chi connectivity index (χ3v) is 3.80. The Labute approximate surface area is 109 Å². The van der Waals surface area contributed by atoms with Crippen LogP contribution in [0.5, 0.6) is 0 Å². The lowest BCUT2D eigenvalue weighted by Gasteiger charge is -2.08. The summed E-state index contributed by atoms with van der Waals surface area (Å²) in [4.78, 5) is 12.0. The number of nitrogens with two attached hydrogens (primary N) is 1. The van der Waals surface area contributed by atoms with Gasteiger partial charge in [-0.05, 0) is 25.3 Å². The molecule has 1 aliphatic carbocycles. The van der Waals surface area contributed by atoms with Crippen molar-refractivity contribution in [2.45, 2.75) is 25.3 Å². The molecule has 1 amide bonds. The van der Waals surface area contributed by atoms with Crippen molar-refractivity contribution in [3.05, 3.63) is 18.0 Å². The quantitative estimate of drug-likeness (QED) is 0.753. The van der Waals surface area contributed by atoms with Crippen LogP contribution in [0.25, 0.3) is 0 Å². The normalized spacial score (nSPS) is 16.5. The van der Waals surface area contributed by atoms with E-state index in [-0.39, 0.29) is 5.91 Å². The molecule has 0 spiro atoms. The highest BCUT2D eigenvalue weighted by molar-refractivity contribution is 7.84. The van der Waals surface area contributed by atoms with Crippen LogP contribution in [0, 0.1) is 0 Å². The maximum Gasteiger partial charge on any atom is 0.267 e. The molecule has 0 saturated heterocycles. The number of nitrogen functional groups attached to an aromatic ring is 1. The van der Waals surface area contributed by atoms with Crippen molar-refractivity contribution in [2.24, 2.45) is 0 Å². The lowest BCUT2D eigenvalue weighted by Crippen LogP contribution is -2.27. The Bertz CT molecular complexity index is 466. The Morgan fingerprint density at radius 2 is 2.33 bits per heavy atom. The van der Waals surface area contributed by atoms with Crippen LogP contribution >= 0.6 is 0 Å². The predicted octanol–water partition coefficient (Wildman–Crippen LogP) is 0.904. The van der Waals surface area contributed by atoms with Crippen LogP contribution in [0.2, 0.25) is 0 Å². The molecule has 1 aliphatic rings. The smallest absolute Gasteiger partial charge is 0.267 e. The average Bonchev–Trinajstić information content (AvgIpc) is 3.07. The van der Waals surface area contributed by atoms with Gasteiger partial charge in [-0.2, -0.15) is 0 Å². The molecule has 1 saturated carbocycles.